The number of thioether (sulfide) groups is 1. The molecule has 4 aromatic rings. The lowest BCUT2D eigenvalue weighted by Gasteiger charge is -2.24. The van der Waals surface area contributed by atoms with Crippen molar-refractivity contribution in [2.45, 2.75) is 63.1 Å². The molecule has 8 nitrogen and oxygen atoms in total. The summed E-state index contributed by atoms with van der Waals surface area (Å²) in [5.41, 5.74) is 3.53. The highest BCUT2D eigenvalue weighted by Gasteiger charge is 2.46. The van der Waals surface area contributed by atoms with E-state index >= 15 is 0 Å². The summed E-state index contributed by atoms with van der Waals surface area (Å²) in [6.07, 6.45) is 3.08. The van der Waals surface area contributed by atoms with Crippen LogP contribution in [0.1, 0.15) is 69.3 Å². The Kier molecular flexibility index (Phi) is 9.40. The Morgan fingerprint density at radius 2 is 1.86 bits per heavy atom. The number of Topliss-reactive ketones (excluding diaryl/α,β-unsaturated/α-hetero) is 1. The Labute approximate surface area is 257 Å². The van der Waals surface area contributed by atoms with Crippen molar-refractivity contribution >= 4 is 51.3 Å². The fourth-order valence-corrected chi connectivity index (χ4v) is 7.42. The van der Waals surface area contributed by atoms with Gasteiger partial charge in [-0.15, -0.1) is 21.5 Å². The molecule has 0 aliphatic carbocycles. The van der Waals surface area contributed by atoms with Crippen LogP contribution >= 0.6 is 34.4 Å². The van der Waals surface area contributed by atoms with Crippen LogP contribution in [0.5, 0.6) is 5.75 Å². The van der Waals surface area contributed by atoms with Crippen molar-refractivity contribution in [2.24, 2.45) is 0 Å². The van der Waals surface area contributed by atoms with Crippen LogP contribution in [0.4, 0.5) is 5.13 Å². The van der Waals surface area contributed by atoms with Crippen molar-refractivity contribution < 1.29 is 19.4 Å². The molecule has 2 aromatic heterocycles. The molecule has 1 unspecified atom stereocenters. The number of hydrogen-bond donors (Lipinski definition) is 1. The number of aromatic nitrogens is 3. The number of benzene rings is 2. The van der Waals surface area contributed by atoms with E-state index in [0.717, 1.165) is 29.8 Å². The lowest BCUT2D eigenvalue weighted by atomic mass is 9.95. The molecule has 1 atom stereocenters. The van der Waals surface area contributed by atoms with Gasteiger partial charge in [0.15, 0.2) is 10.1 Å². The van der Waals surface area contributed by atoms with Crippen LogP contribution in [0.25, 0.3) is 0 Å². The van der Waals surface area contributed by atoms with E-state index in [9.17, 15) is 14.7 Å². The van der Waals surface area contributed by atoms with Gasteiger partial charge in [0, 0.05) is 5.75 Å². The number of thiazole rings is 1. The van der Waals surface area contributed by atoms with Crippen molar-refractivity contribution in [3.63, 3.8) is 0 Å². The lowest BCUT2D eigenvalue weighted by molar-refractivity contribution is -0.117. The maximum atomic E-state index is 13.9. The number of ether oxygens (including phenoxy) is 1. The highest BCUT2D eigenvalue weighted by atomic mass is 32.2. The molecule has 1 amide bonds. The van der Waals surface area contributed by atoms with Crippen LogP contribution in [0.15, 0.2) is 64.2 Å². The second kappa shape index (κ2) is 13.2. The lowest BCUT2D eigenvalue weighted by Crippen LogP contribution is -2.31. The summed E-state index contributed by atoms with van der Waals surface area (Å²) in [4.78, 5) is 33.7. The number of aliphatic hydroxyl groups is 1. The molecule has 42 heavy (non-hydrogen) atoms. The highest BCUT2D eigenvalue weighted by Crippen LogP contribution is 2.45. The molecule has 11 heteroatoms. The minimum Gasteiger partial charge on any atom is -0.503 e. The van der Waals surface area contributed by atoms with Crippen molar-refractivity contribution in [1.82, 2.24) is 15.2 Å². The van der Waals surface area contributed by atoms with Gasteiger partial charge in [-0.3, -0.25) is 14.5 Å². The van der Waals surface area contributed by atoms with E-state index < -0.39 is 23.5 Å². The largest absolute Gasteiger partial charge is 0.503 e. The van der Waals surface area contributed by atoms with Crippen LogP contribution in [0.3, 0.4) is 0 Å². The zero-order valence-electron chi connectivity index (χ0n) is 23.9. The molecule has 0 fully saturated rings. The van der Waals surface area contributed by atoms with Gasteiger partial charge < -0.3 is 9.84 Å². The predicted octanol–water partition coefficient (Wildman–Crippen LogP) is 7.56. The van der Waals surface area contributed by atoms with Gasteiger partial charge in [0.05, 0.1) is 33.8 Å². The fraction of sp³-hybridized carbons (Fsp3) is 0.323. The summed E-state index contributed by atoms with van der Waals surface area (Å²) in [6.45, 7) is 8.32. The normalized spacial score (nSPS) is 15.1. The van der Waals surface area contributed by atoms with Crippen LogP contribution in [-0.2, 0) is 10.5 Å². The summed E-state index contributed by atoms with van der Waals surface area (Å²) in [5.74, 6) is -0.382. The summed E-state index contributed by atoms with van der Waals surface area (Å²) in [7, 11) is 0. The Bertz CT molecular complexity index is 1630. The first-order valence-electron chi connectivity index (χ1n) is 13.8. The van der Waals surface area contributed by atoms with Crippen molar-refractivity contribution in [2.75, 3.05) is 11.5 Å². The SMILES string of the molecule is CCCCCOc1cccc(C2C(C(=O)c3sc(C)nc3C)=C(O)C(=O)N2c2nnc(SCc3ccc(C)cc3)s2)c1. The molecular formula is C31H32N4O4S3. The average Bonchev–Trinajstić information content (AvgIpc) is 3.66. The number of unbranched alkanes of at least 4 members (excludes halogenated alkanes) is 2. The molecule has 5 rings (SSSR count). The van der Waals surface area contributed by atoms with Gasteiger partial charge in [-0.05, 0) is 50.5 Å². The zero-order valence-corrected chi connectivity index (χ0v) is 26.4. The van der Waals surface area contributed by atoms with Gasteiger partial charge in [-0.1, -0.05) is 84.8 Å². The quantitative estimate of drug-likeness (QED) is 0.0749. The van der Waals surface area contributed by atoms with Crippen LogP contribution in [-0.4, -0.2) is 38.6 Å². The van der Waals surface area contributed by atoms with Crippen LogP contribution in [0.2, 0.25) is 0 Å². The third kappa shape index (κ3) is 6.43. The molecule has 0 saturated heterocycles. The molecule has 3 heterocycles. The standard InChI is InChI=1S/C31H32N4O4S3/c1-5-6-7-15-39-23-10-8-9-22(16-23)25-24(26(36)28-19(3)32-20(4)41-28)27(37)29(38)35(25)30-33-34-31(42-30)40-17-21-13-11-18(2)12-14-21/h8-14,16,25,37H,5-7,15,17H2,1-4H3. The molecule has 0 spiro atoms. The number of amides is 1. The van der Waals surface area contributed by atoms with Crippen molar-refractivity contribution in [3.05, 3.63) is 92.1 Å². The summed E-state index contributed by atoms with van der Waals surface area (Å²) in [5, 5.41) is 20.9. The molecule has 1 aliphatic rings. The first kappa shape index (κ1) is 29.9. The Balaban J connectivity index is 1.49. The Morgan fingerprint density at radius 1 is 1.07 bits per heavy atom. The number of hydrogen-bond acceptors (Lipinski definition) is 10. The first-order valence-corrected chi connectivity index (χ1v) is 16.4. The zero-order chi connectivity index (χ0) is 29.8. The topological polar surface area (TPSA) is 106 Å². The van der Waals surface area contributed by atoms with Gasteiger partial charge in [0.1, 0.15) is 5.75 Å². The minimum atomic E-state index is -0.908. The smallest absolute Gasteiger partial charge is 0.296 e. The molecule has 2 aromatic carbocycles. The van der Waals surface area contributed by atoms with E-state index in [1.807, 2.05) is 38.1 Å². The van der Waals surface area contributed by atoms with Crippen LogP contribution < -0.4 is 9.64 Å². The second-order valence-electron chi connectivity index (χ2n) is 10.1. The number of rotatable bonds is 12. The van der Waals surface area contributed by atoms with E-state index in [-0.39, 0.29) is 5.57 Å². The van der Waals surface area contributed by atoms with Gasteiger partial charge in [0.25, 0.3) is 5.91 Å². The van der Waals surface area contributed by atoms with E-state index in [4.69, 9.17) is 4.74 Å². The van der Waals surface area contributed by atoms with Crippen LogP contribution in [0, 0.1) is 20.8 Å². The molecule has 0 saturated carbocycles. The second-order valence-corrected chi connectivity index (χ2v) is 13.5. The molecule has 1 aliphatic heterocycles. The van der Waals surface area contributed by atoms with Gasteiger partial charge in [0.2, 0.25) is 10.9 Å². The van der Waals surface area contributed by atoms with Crippen molar-refractivity contribution in [1.29, 1.82) is 0 Å². The van der Waals surface area contributed by atoms with Gasteiger partial charge in [-0.2, -0.15) is 0 Å². The first-order chi connectivity index (χ1) is 20.3. The fourth-order valence-electron chi connectivity index (χ4n) is 4.72. The summed E-state index contributed by atoms with van der Waals surface area (Å²) in [6, 6.07) is 14.7. The molecule has 0 radical (unpaired) electrons. The van der Waals surface area contributed by atoms with Crippen molar-refractivity contribution in [3.8, 4) is 5.75 Å². The third-order valence-electron chi connectivity index (χ3n) is 6.84. The number of aliphatic hydroxyl groups excluding tert-OH is 1. The predicted molar refractivity (Wildman–Crippen MR) is 168 cm³/mol. The molecule has 1 N–H and O–H groups in total. The average molecular weight is 621 g/mol. The van der Waals surface area contributed by atoms with E-state index in [2.05, 4.69) is 46.4 Å². The summed E-state index contributed by atoms with van der Waals surface area (Å²) >= 11 is 4.02. The highest BCUT2D eigenvalue weighted by molar-refractivity contribution is 8.00. The van der Waals surface area contributed by atoms with Gasteiger partial charge in [-0.25, -0.2) is 4.98 Å². The maximum Gasteiger partial charge on any atom is 0.296 e. The number of carbonyl (C=O) groups excluding carboxylic acids is 2. The number of carbonyl (C=O) groups is 2. The minimum absolute atomic E-state index is 0.000980. The number of anilines is 1. The number of nitrogens with zero attached hydrogens (tertiary/aromatic N) is 4. The van der Waals surface area contributed by atoms with E-state index in [1.54, 1.807) is 6.92 Å². The Morgan fingerprint density at radius 3 is 2.57 bits per heavy atom. The number of ketones is 1. The maximum absolute atomic E-state index is 13.9. The van der Waals surface area contributed by atoms with E-state index in [1.165, 1.54) is 44.9 Å². The summed E-state index contributed by atoms with van der Waals surface area (Å²) < 4.78 is 6.67. The van der Waals surface area contributed by atoms with E-state index in [0.29, 0.717) is 43.7 Å². The number of aryl methyl sites for hydroxylation is 3. The monoisotopic (exact) mass is 620 g/mol. The Hall–Kier alpha value is -3.54. The third-order valence-corrected chi connectivity index (χ3v) is 10.0. The molecule has 218 valence electrons. The molecular weight excluding hydrogens is 589 g/mol. The molecule has 0 bridgehead atoms. The van der Waals surface area contributed by atoms with Gasteiger partial charge >= 0.3 is 0 Å².